The van der Waals surface area contributed by atoms with Crippen LogP contribution in [0.3, 0.4) is 0 Å². The number of amides is 3. The maximum absolute atomic E-state index is 13.5. The highest BCUT2D eigenvalue weighted by Gasteiger charge is 2.27. The number of carbonyl (C=O) groups excluding carboxylic acids is 2. The molecule has 3 aromatic rings. The zero-order chi connectivity index (χ0) is 23.2. The van der Waals surface area contributed by atoms with Crippen LogP contribution in [0, 0.1) is 11.6 Å². The molecule has 1 aliphatic heterocycles. The van der Waals surface area contributed by atoms with E-state index in [0.717, 1.165) is 18.6 Å². The summed E-state index contributed by atoms with van der Waals surface area (Å²) in [5, 5.41) is 2.78. The molecule has 0 saturated carbocycles. The van der Waals surface area contributed by atoms with Crippen molar-refractivity contribution in [2.24, 2.45) is 0 Å². The fourth-order valence-corrected chi connectivity index (χ4v) is 3.64. The quantitative estimate of drug-likeness (QED) is 0.561. The first-order valence-corrected chi connectivity index (χ1v) is 10.6. The van der Waals surface area contributed by atoms with E-state index in [1.165, 1.54) is 6.07 Å². The molecule has 8 heteroatoms. The molecule has 0 bridgehead atoms. The highest BCUT2D eigenvalue weighted by molar-refractivity contribution is 5.95. The third-order valence-electron chi connectivity index (χ3n) is 5.22. The highest BCUT2D eigenvalue weighted by atomic mass is 19.2. The Bertz CT molecular complexity index is 1140. The molecule has 0 aromatic heterocycles. The average molecular weight is 451 g/mol. The zero-order valence-electron chi connectivity index (χ0n) is 17.8. The molecular formula is C25H23F2N3O3. The Hall–Kier alpha value is -3.94. The number of anilines is 2. The number of benzene rings is 3. The first kappa shape index (κ1) is 22.3. The van der Waals surface area contributed by atoms with Gasteiger partial charge >= 0.3 is 6.03 Å². The topological polar surface area (TPSA) is 61.9 Å². The summed E-state index contributed by atoms with van der Waals surface area (Å²) in [4.78, 5) is 28.5. The van der Waals surface area contributed by atoms with E-state index >= 15 is 0 Å². The van der Waals surface area contributed by atoms with Crippen molar-refractivity contribution in [3.8, 4) is 5.75 Å². The summed E-state index contributed by atoms with van der Waals surface area (Å²) in [5.74, 6) is -1.57. The van der Waals surface area contributed by atoms with Crippen molar-refractivity contribution in [2.75, 3.05) is 29.9 Å². The van der Waals surface area contributed by atoms with Crippen LogP contribution in [0.25, 0.3) is 0 Å². The Morgan fingerprint density at radius 2 is 1.76 bits per heavy atom. The molecule has 170 valence electrons. The first-order chi connectivity index (χ1) is 16.0. The summed E-state index contributed by atoms with van der Waals surface area (Å²) >= 11 is 0. The maximum atomic E-state index is 13.5. The minimum absolute atomic E-state index is 0.140. The van der Waals surface area contributed by atoms with Gasteiger partial charge in [0.1, 0.15) is 5.75 Å². The van der Waals surface area contributed by atoms with Gasteiger partial charge in [-0.15, -0.1) is 0 Å². The standard InChI is InChI=1S/C25H23F2N3O3/c26-22-11-10-18(14-23(22)27)16-29-12-5-13-30(25(29)32)20-7-4-6-19(15-20)28-24(31)17-33-21-8-2-1-3-9-21/h1-4,6-11,14-15H,5,12-13,16-17H2,(H,28,31). The fourth-order valence-electron chi connectivity index (χ4n) is 3.64. The average Bonchev–Trinajstić information content (AvgIpc) is 2.82. The number of carbonyl (C=O) groups is 2. The Morgan fingerprint density at radius 1 is 0.939 bits per heavy atom. The zero-order valence-corrected chi connectivity index (χ0v) is 17.8. The lowest BCUT2D eigenvalue weighted by molar-refractivity contribution is -0.118. The van der Waals surface area contributed by atoms with Crippen molar-refractivity contribution in [1.82, 2.24) is 4.90 Å². The van der Waals surface area contributed by atoms with E-state index in [1.54, 1.807) is 46.2 Å². The number of halogens is 2. The number of hydrogen-bond acceptors (Lipinski definition) is 3. The first-order valence-electron chi connectivity index (χ1n) is 10.6. The van der Waals surface area contributed by atoms with Gasteiger partial charge in [-0.25, -0.2) is 13.6 Å². The highest BCUT2D eigenvalue weighted by Crippen LogP contribution is 2.25. The predicted octanol–water partition coefficient (Wildman–Crippen LogP) is 4.81. The fraction of sp³-hybridized carbons (Fsp3) is 0.200. The second-order valence-corrected chi connectivity index (χ2v) is 7.66. The minimum atomic E-state index is -0.937. The Balaban J connectivity index is 1.39. The van der Waals surface area contributed by atoms with Gasteiger partial charge in [-0.05, 0) is 54.4 Å². The largest absolute Gasteiger partial charge is 0.484 e. The van der Waals surface area contributed by atoms with Crippen LogP contribution in [0.15, 0.2) is 72.8 Å². The number of para-hydroxylation sites is 1. The van der Waals surface area contributed by atoms with Crippen LogP contribution in [-0.2, 0) is 11.3 Å². The molecule has 1 N–H and O–H groups in total. The monoisotopic (exact) mass is 451 g/mol. The molecule has 1 saturated heterocycles. The van der Waals surface area contributed by atoms with E-state index in [4.69, 9.17) is 4.74 Å². The third-order valence-corrected chi connectivity index (χ3v) is 5.22. The lowest BCUT2D eigenvalue weighted by Gasteiger charge is -2.36. The Kier molecular flexibility index (Phi) is 6.83. The number of rotatable bonds is 7. The van der Waals surface area contributed by atoms with E-state index in [0.29, 0.717) is 35.8 Å². The molecule has 3 aromatic carbocycles. The van der Waals surface area contributed by atoms with Crippen molar-refractivity contribution < 1.29 is 23.1 Å². The number of hydrogen-bond donors (Lipinski definition) is 1. The van der Waals surface area contributed by atoms with Gasteiger partial charge in [-0.2, -0.15) is 0 Å². The van der Waals surface area contributed by atoms with Crippen LogP contribution in [0.4, 0.5) is 25.0 Å². The summed E-state index contributed by atoms with van der Waals surface area (Å²) in [6.07, 6.45) is 0.719. The van der Waals surface area contributed by atoms with E-state index in [-0.39, 0.29) is 25.1 Å². The molecule has 4 rings (SSSR count). The summed E-state index contributed by atoms with van der Waals surface area (Å²) in [6.45, 7) is 1.07. The lowest BCUT2D eigenvalue weighted by atomic mass is 10.1. The normalized spacial score (nSPS) is 13.7. The van der Waals surface area contributed by atoms with Gasteiger partial charge in [0.05, 0.1) is 0 Å². The van der Waals surface area contributed by atoms with Gasteiger partial charge in [0.2, 0.25) is 0 Å². The molecule has 0 aliphatic carbocycles. The van der Waals surface area contributed by atoms with E-state index in [2.05, 4.69) is 5.32 Å². The number of nitrogens with one attached hydrogen (secondary N) is 1. The molecule has 1 aliphatic rings. The van der Waals surface area contributed by atoms with Gasteiger partial charge < -0.3 is 15.0 Å². The summed E-state index contributed by atoms with van der Waals surface area (Å²) in [5.41, 5.74) is 1.69. The minimum Gasteiger partial charge on any atom is -0.484 e. The van der Waals surface area contributed by atoms with Crippen LogP contribution < -0.4 is 15.0 Å². The molecular weight excluding hydrogens is 428 g/mol. The molecule has 1 fully saturated rings. The maximum Gasteiger partial charge on any atom is 0.324 e. The SMILES string of the molecule is O=C(COc1ccccc1)Nc1cccc(N2CCCN(Cc3ccc(F)c(F)c3)C2=O)c1. The smallest absolute Gasteiger partial charge is 0.324 e. The molecule has 0 unspecified atom stereocenters. The second-order valence-electron chi connectivity index (χ2n) is 7.66. The number of urea groups is 1. The summed E-state index contributed by atoms with van der Waals surface area (Å²) < 4.78 is 32.2. The van der Waals surface area contributed by atoms with Gasteiger partial charge in [-0.1, -0.05) is 30.3 Å². The summed E-state index contributed by atoms with van der Waals surface area (Å²) in [6, 6.07) is 19.4. The van der Waals surface area contributed by atoms with E-state index < -0.39 is 11.6 Å². The molecule has 0 atom stereocenters. The van der Waals surface area contributed by atoms with Crippen molar-refractivity contribution in [3.63, 3.8) is 0 Å². The molecule has 0 radical (unpaired) electrons. The van der Waals surface area contributed by atoms with Gasteiger partial charge in [0, 0.05) is 31.0 Å². The second kappa shape index (κ2) is 10.1. The van der Waals surface area contributed by atoms with E-state index in [9.17, 15) is 18.4 Å². The Morgan fingerprint density at radius 3 is 2.55 bits per heavy atom. The number of nitrogens with zero attached hydrogens (tertiary/aromatic N) is 2. The van der Waals surface area contributed by atoms with Crippen LogP contribution in [0.1, 0.15) is 12.0 Å². The molecule has 6 nitrogen and oxygen atoms in total. The molecule has 0 spiro atoms. The van der Waals surface area contributed by atoms with Gasteiger partial charge in [0.15, 0.2) is 18.2 Å². The summed E-state index contributed by atoms with van der Waals surface area (Å²) in [7, 11) is 0. The van der Waals surface area contributed by atoms with Crippen molar-refractivity contribution in [2.45, 2.75) is 13.0 Å². The molecule has 1 heterocycles. The van der Waals surface area contributed by atoms with Crippen LogP contribution >= 0.6 is 0 Å². The molecule has 33 heavy (non-hydrogen) atoms. The van der Waals surface area contributed by atoms with Crippen LogP contribution in [0.5, 0.6) is 5.75 Å². The van der Waals surface area contributed by atoms with Crippen LogP contribution in [0.2, 0.25) is 0 Å². The van der Waals surface area contributed by atoms with Gasteiger partial charge in [-0.3, -0.25) is 9.69 Å². The molecule has 3 amide bonds. The lowest BCUT2D eigenvalue weighted by Crippen LogP contribution is -2.49. The van der Waals surface area contributed by atoms with Crippen molar-refractivity contribution in [1.29, 1.82) is 0 Å². The van der Waals surface area contributed by atoms with Gasteiger partial charge in [0.25, 0.3) is 5.91 Å². The Labute approximate surface area is 190 Å². The van der Waals surface area contributed by atoms with E-state index in [1.807, 2.05) is 18.2 Å². The third kappa shape index (κ3) is 5.65. The number of ether oxygens (including phenoxy) is 1. The van der Waals surface area contributed by atoms with Crippen molar-refractivity contribution >= 4 is 23.3 Å². The predicted molar refractivity (Wildman–Crippen MR) is 121 cm³/mol. The van der Waals surface area contributed by atoms with Crippen LogP contribution in [-0.4, -0.2) is 36.5 Å². The van der Waals surface area contributed by atoms with Crippen molar-refractivity contribution in [3.05, 3.63) is 90.0 Å².